The summed E-state index contributed by atoms with van der Waals surface area (Å²) in [6.45, 7) is 1.68. The number of alkyl halides is 2. The van der Waals surface area contributed by atoms with Crippen molar-refractivity contribution in [3.63, 3.8) is 0 Å². The summed E-state index contributed by atoms with van der Waals surface area (Å²) in [6.07, 6.45) is -1.45. The molecule has 3 heterocycles. The standard InChI is InChI=1S/C19H10ClF2N5O2/c1-9-5-10(8-23)6-11-15(9)25-18(29-19(11)28)14-7-13(16(21)22)26-27(14)17-12(20)3-2-4-24-17/h2-7,16H,1H3. The molecule has 0 saturated carbocycles. The van der Waals surface area contributed by atoms with E-state index in [1.165, 1.54) is 18.3 Å². The molecule has 7 nitrogen and oxygen atoms in total. The van der Waals surface area contributed by atoms with Crippen molar-refractivity contribution >= 4 is 22.5 Å². The minimum Gasteiger partial charge on any atom is -0.401 e. The van der Waals surface area contributed by atoms with Gasteiger partial charge in [0.05, 0.1) is 27.6 Å². The normalized spacial score (nSPS) is 11.2. The van der Waals surface area contributed by atoms with E-state index in [2.05, 4.69) is 15.1 Å². The van der Waals surface area contributed by atoms with Gasteiger partial charge in [-0.25, -0.2) is 28.2 Å². The number of halogens is 3. The van der Waals surface area contributed by atoms with Gasteiger partial charge in [0, 0.05) is 6.20 Å². The predicted molar refractivity (Wildman–Crippen MR) is 100 cm³/mol. The summed E-state index contributed by atoms with van der Waals surface area (Å²) in [5.74, 6) is -0.145. The van der Waals surface area contributed by atoms with Gasteiger partial charge in [-0.2, -0.15) is 10.4 Å². The molecule has 0 spiro atoms. The van der Waals surface area contributed by atoms with Crippen molar-refractivity contribution in [2.24, 2.45) is 0 Å². The minimum atomic E-state index is -2.87. The van der Waals surface area contributed by atoms with Crippen LogP contribution in [0.25, 0.3) is 28.3 Å². The van der Waals surface area contributed by atoms with Crippen LogP contribution in [0.15, 0.2) is 45.7 Å². The second-order valence-corrected chi connectivity index (χ2v) is 6.49. The molecule has 0 aliphatic heterocycles. The lowest BCUT2D eigenvalue weighted by Crippen LogP contribution is -2.08. The smallest absolute Gasteiger partial charge is 0.347 e. The summed E-state index contributed by atoms with van der Waals surface area (Å²) in [4.78, 5) is 20.9. The van der Waals surface area contributed by atoms with E-state index in [1.54, 1.807) is 19.1 Å². The highest BCUT2D eigenvalue weighted by molar-refractivity contribution is 6.32. The van der Waals surface area contributed by atoms with Gasteiger partial charge >= 0.3 is 5.63 Å². The molecular formula is C19H10ClF2N5O2. The number of nitriles is 1. The van der Waals surface area contributed by atoms with Gasteiger partial charge in [-0.3, -0.25) is 0 Å². The topological polar surface area (TPSA) is 97.6 Å². The third kappa shape index (κ3) is 3.23. The van der Waals surface area contributed by atoms with E-state index in [4.69, 9.17) is 21.3 Å². The maximum Gasteiger partial charge on any atom is 0.347 e. The molecule has 29 heavy (non-hydrogen) atoms. The van der Waals surface area contributed by atoms with Crippen LogP contribution >= 0.6 is 11.6 Å². The molecule has 0 atom stereocenters. The number of pyridine rings is 1. The maximum absolute atomic E-state index is 13.3. The van der Waals surface area contributed by atoms with Crippen LogP contribution < -0.4 is 5.63 Å². The molecule has 3 aromatic heterocycles. The van der Waals surface area contributed by atoms with Crippen molar-refractivity contribution in [3.8, 4) is 23.5 Å². The van der Waals surface area contributed by atoms with E-state index in [1.807, 2.05) is 6.07 Å². The zero-order valence-electron chi connectivity index (χ0n) is 14.7. The van der Waals surface area contributed by atoms with Gasteiger partial charge in [0.1, 0.15) is 11.4 Å². The van der Waals surface area contributed by atoms with Crippen LogP contribution in [0.1, 0.15) is 23.2 Å². The fourth-order valence-electron chi connectivity index (χ4n) is 2.88. The van der Waals surface area contributed by atoms with Crippen LogP contribution in [0.4, 0.5) is 8.78 Å². The molecule has 0 bridgehead atoms. The third-order valence-electron chi connectivity index (χ3n) is 4.16. The maximum atomic E-state index is 13.3. The largest absolute Gasteiger partial charge is 0.401 e. The number of nitrogens with zero attached hydrogens (tertiary/aromatic N) is 5. The highest BCUT2D eigenvalue weighted by Gasteiger charge is 2.23. The van der Waals surface area contributed by atoms with E-state index in [-0.39, 0.29) is 38.9 Å². The summed E-state index contributed by atoms with van der Waals surface area (Å²) in [6, 6.07) is 9.05. The lowest BCUT2D eigenvalue weighted by molar-refractivity contribution is 0.145. The zero-order valence-corrected chi connectivity index (χ0v) is 15.5. The highest BCUT2D eigenvalue weighted by Crippen LogP contribution is 2.29. The Bertz CT molecular complexity index is 1360. The summed E-state index contributed by atoms with van der Waals surface area (Å²) in [5, 5.41) is 13.2. The molecular weight excluding hydrogens is 404 g/mol. The lowest BCUT2D eigenvalue weighted by atomic mass is 10.1. The van der Waals surface area contributed by atoms with E-state index >= 15 is 0 Å². The SMILES string of the molecule is Cc1cc(C#N)cc2c(=O)oc(-c3cc(C(F)F)nn3-c3ncccc3Cl)nc12. The molecule has 10 heteroatoms. The van der Waals surface area contributed by atoms with Crippen molar-refractivity contribution < 1.29 is 13.2 Å². The molecule has 0 fully saturated rings. The van der Waals surface area contributed by atoms with Gasteiger partial charge in [0.25, 0.3) is 6.43 Å². The van der Waals surface area contributed by atoms with Gasteiger partial charge in [-0.15, -0.1) is 0 Å². The lowest BCUT2D eigenvalue weighted by Gasteiger charge is -2.08. The molecule has 0 N–H and O–H groups in total. The summed E-state index contributed by atoms with van der Waals surface area (Å²) in [5.41, 5.74) is -0.199. The Morgan fingerprint density at radius 2 is 2.10 bits per heavy atom. The van der Waals surface area contributed by atoms with E-state index in [0.717, 1.165) is 10.7 Å². The fraction of sp³-hybridized carbons (Fsp3) is 0.105. The number of rotatable bonds is 3. The molecule has 0 aliphatic rings. The molecule has 0 aliphatic carbocycles. The Labute approximate surface area is 166 Å². The van der Waals surface area contributed by atoms with E-state index < -0.39 is 17.7 Å². The Hall–Kier alpha value is -3.64. The number of benzene rings is 1. The average Bonchev–Trinajstić information content (AvgIpc) is 3.14. The molecule has 0 radical (unpaired) electrons. The molecule has 0 unspecified atom stereocenters. The Morgan fingerprint density at radius 3 is 2.79 bits per heavy atom. The second kappa shape index (κ2) is 7.07. The highest BCUT2D eigenvalue weighted by atomic mass is 35.5. The van der Waals surface area contributed by atoms with Crippen LogP contribution in [-0.2, 0) is 0 Å². The molecule has 144 valence electrons. The molecule has 0 saturated heterocycles. The van der Waals surface area contributed by atoms with Gasteiger partial charge in [-0.05, 0) is 42.8 Å². The van der Waals surface area contributed by atoms with Crippen molar-refractivity contribution in [2.45, 2.75) is 13.3 Å². The molecule has 1 aromatic carbocycles. The van der Waals surface area contributed by atoms with Crippen molar-refractivity contribution in [2.75, 3.05) is 0 Å². The fourth-order valence-corrected chi connectivity index (χ4v) is 3.08. The quantitative estimate of drug-likeness (QED) is 0.499. The first-order chi connectivity index (χ1) is 13.9. The van der Waals surface area contributed by atoms with Gasteiger partial charge < -0.3 is 4.42 Å². The minimum absolute atomic E-state index is 0.0105. The van der Waals surface area contributed by atoms with Crippen LogP contribution in [0.5, 0.6) is 0 Å². The van der Waals surface area contributed by atoms with Crippen LogP contribution in [0.3, 0.4) is 0 Å². The summed E-state index contributed by atoms with van der Waals surface area (Å²) < 4.78 is 32.9. The summed E-state index contributed by atoms with van der Waals surface area (Å²) in [7, 11) is 0. The third-order valence-corrected chi connectivity index (χ3v) is 4.46. The number of fused-ring (bicyclic) bond motifs is 1. The molecule has 4 aromatic rings. The predicted octanol–water partition coefficient (Wildman–Crippen LogP) is 4.21. The Balaban J connectivity index is 2.01. The second-order valence-electron chi connectivity index (χ2n) is 6.08. The van der Waals surface area contributed by atoms with Crippen molar-refractivity contribution in [1.82, 2.24) is 19.7 Å². The number of hydrogen-bond donors (Lipinski definition) is 0. The molecule has 0 amide bonds. The number of aryl methyl sites for hydroxylation is 1. The monoisotopic (exact) mass is 413 g/mol. The Morgan fingerprint density at radius 1 is 1.31 bits per heavy atom. The Kier molecular flexibility index (Phi) is 4.56. The first kappa shape index (κ1) is 18.7. The first-order valence-electron chi connectivity index (χ1n) is 8.24. The summed E-state index contributed by atoms with van der Waals surface area (Å²) >= 11 is 6.14. The first-order valence-corrected chi connectivity index (χ1v) is 8.62. The van der Waals surface area contributed by atoms with Gasteiger partial charge in [0.2, 0.25) is 5.89 Å². The van der Waals surface area contributed by atoms with Crippen LogP contribution in [0, 0.1) is 18.3 Å². The van der Waals surface area contributed by atoms with Crippen LogP contribution in [-0.4, -0.2) is 19.7 Å². The van der Waals surface area contributed by atoms with E-state index in [9.17, 15) is 13.6 Å². The van der Waals surface area contributed by atoms with Crippen LogP contribution in [0.2, 0.25) is 5.02 Å². The van der Waals surface area contributed by atoms with Crippen molar-refractivity contribution in [1.29, 1.82) is 5.26 Å². The van der Waals surface area contributed by atoms with Gasteiger partial charge in [-0.1, -0.05) is 11.6 Å². The number of aromatic nitrogens is 4. The van der Waals surface area contributed by atoms with Crippen molar-refractivity contribution in [3.05, 3.63) is 68.8 Å². The van der Waals surface area contributed by atoms with Gasteiger partial charge in [0.15, 0.2) is 5.82 Å². The molecule has 4 rings (SSSR count). The van der Waals surface area contributed by atoms with E-state index in [0.29, 0.717) is 5.56 Å². The zero-order chi connectivity index (χ0) is 20.7. The number of hydrogen-bond acceptors (Lipinski definition) is 6. The average molecular weight is 414 g/mol.